The van der Waals surface area contributed by atoms with Crippen molar-refractivity contribution in [2.45, 2.75) is 52.3 Å². The van der Waals surface area contributed by atoms with Crippen molar-refractivity contribution in [2.24, 2.45) is 5.41 Å². The average Bonchev–Trinajstić information content (AvgIpc) is 2.69. The Kier molecular flexibility index (Phi) is 4.75. The molecule has 114 valence electrons. The van der Waals surface area contributed by atoms with Gasteiger partial charge in [0.15, 0.2) is 0 Å². The number of aliphatic hydroxyl groups is 1. The quantitative estimate of drug-likeness (QED) is 0.653. The summed E-state index contributed by atoms with van der Waals surface area (Å²) in [6.07, 6.45) is -0.827. The maximum Gasteiger partial charge on any atom is 0.326 e. The number of carbonyl (C=O) groups is 3. The van der Waals surface area contributed by atoms with E-state index in [-0.39, 0.29) is 18.9 Å². The molecule has 20 heavy (non-hydrogen) atoms. The molecule has 0 aromatic rings. The van der Waals surface area contributed by atoms with E-state index >= 15 is 0 Å². The Bertz CT molecular complexity index is 415. The third-order valence-electron chi connectivity index (χ3n) is 3.25. The van der Waals surface area contributed by atoms with Crippen molar-refractivity contribution in [3.8, 4) is 0 Å². The van der Waals surface area contributed by atoms with E-state index in [1.165, 1.54) is 6.92 Å². The van der Waals surface area contributed by atoms with Crippen LogP contribution in [0.5, 0.6) is 0 Å². The van der Waals surface area contributed by atoms with Crippen LogP contribution in [0, 0.1) is 5.41 Å². The number of likely N-dealkylation sites (tertiary alicyclic amines) is 1. The number of hydrogen-bond acceptors (Lipinski definition) is 4. The zero-order valence-electron chi connectivity index (χ0n) is 12.2. The monoisotopic (exact) mass is 286 g/mol. The fraction of sp³-hybridized carbons (Fsp3) is 0.769. The second-order valence-electron chi connectivity index (χ2n) is 6.18. The lowest BCUT2D eigenvalue weighted by molar-refractivity contribution is -0.149. The number of hydrogen-bond donors (Lipinski definition) is 3. The highest BCUT2D eigenvalue weighted by Gasteiger charge is 2.40. The lowest BCUT2D eigenvalue weighted by Gasteiger charge is -2.27. The van der Waals surface area contributed by atoms with Crippen molar-refractivity contribution in [1.29, 1.82) is 0 Å². The average molecular weight is 286 g/mol. The Morgan fingerprint density at radius 2 is 1.85 bits per heavy atom. The van der Waals surface area contributed by atoms with Gasteiger partial charge in [0.25, 0.3) is 0 Å². The van der Waals surface area contributed by atoms with Gasteiger partial charge in [0.1, 0.15) is 12.1 Å². The van der Waals surface area contributed by atoms with E-state index in [0.29, 0.717) is 0 Å². The van der Waals surface area contributed by atoms with Crippen molar-refractivity contribution >= 4 is 17.8 Å². The Morgan fingerprint density at radius 3 is 2.30 bits per heavy atom. The molecule has 0 aromatic carbocycles. The molecule has 3 atom stereocenters. The summed E-state index contributed by atoms with van der Waals surface area (Å²) in [6.45, 7) is 6.65. The van der Waals surface area contributed by atoms with Crippen molar-refractivity contribution < 1.29 is 24.6 Å². The van der Waals surface area contributed by atoms with Gasteiger partial charge in [-0.1, -0.05) is 20.8 Å². The van der Waals surface area contributed by atoms with Gasteiger partial charge < -0.3 is 20.4 Å². The third kappa shape index (κ3) is 3.69. The van der Waals surface area contributed by atoms with E-state index < -0.39 is 35.5 Å². The number of rotatable bonds is 3. The molecule has 1 rings (SSSR count). The summed E-state index contributed by atoms with van der Waals surface area (Å²) in [7, 11) is 0. The van der Waals surface area contributed by atoms with Crippen molar-refractivity contribution in [3.63, 3.8) is 0 Å². The third-order valence-corrected chi connectivity index (χ3v) is 3.25. The SMILES string of the molecule is CC(NC(=O)C(C)(C)C)C(=O)N1C[C@H](O)C[C@H]1C(=O)O. The molecule has 1 aliphatic heterocycles. The zero-order chi connectivity index (χ0) is 15.7. The van der Waals surface area contributed by atoms with Gasteiger partial charge in [-0.3, -0.25) is 9.59 Å². The second-order valence-corrected chi connectivity index (χ2v) is 6.18. The number of amides is 2. The zero-order valence-corrected chi connectivity index (χ0v) is 12.2. The highest BCUT2D eigenvalue weighted by Crippen LogP contribution is 2.20. The molecule has 7 heteroatoms. The first-order valence-corrected chi connectivity index (χ1v) is 6.56. The molecule has 0 aromatic heterocycles. The molecule has 0 saturated carbocycles. The maximum atomic E-state index is 12.2. The van der Waals surface area contributed by atoms with Crippen LogP contribution in [0.25, 0.3) is 0 Å². The molecule has 0 aliphatic carbocycles. The molecule has 1 saturated heterocycles. The predicted molar refractivity (Wildman–Crippen MR) is 70.8 cm³/mol. The number of β-amino-alcohol motifs (C(OH)–C–C–N with tert-alkyl or cyclic N) is 1. The van der Waals surface area contributed by atoms with Crippen LogP contribution in [-0.2, 0) is 14.4 Å². The van der Waals surface area contributed by atoms with E-state index in [2.05, 4.69) is 5.32 Å². The molecule has 2 amide bonds. The Labute approximate surface area is 117 Å². The summed E-state index contributed by atoms with van der Waals surface area (Å²) in [5.41, 5.74) is -0.634. The highest BCUT2D eigenvalue weighted by atomic mass is 16.4. The lowest BCUT2D eigenvalue weighted by atomic mass is 9.95. The Hall–Kier alpha value is -1.63. The molecular formula is C13H22N2O5. The molecule has 0 bridgehead atoms. The first-order chi connectivity index (χ1) is 9.04. The van der Waals surface area contributed by atoms with Crippen molar-refractivity contribution in [1.82, 2.24) is 10.2 Å². The normalized spacial score (nSPS) is 24.4. The fourth-order valence-corrected chi connectivity index (χ4v) is 2.02. The summed E-state index contributed by atoms with van der Waals surface area (Å²) in [5, 5.41) is 21.1. The smallest absolute Gasteiger partial charge is 0.326 e. The van der Waals surface area contributed by atoms with Crippen LogP contribution in [0.4, 0.5) is 0 Å². The van der Waals surface area contributed by atoms with E-state index in [4.69, 9.17) is 5.11 Å². The Morgan fingerprint density at radius 1 is 1.30 bits per heavy atom. The van der Waals surface area contributed by atoms with Gasteiger partial charge in [-0.05, 0) is 6.92 Å². The van der Waals surface area contributed by atoms with E-state index in [9.17, 15) is 19.5 Å². The minimum atomic E-state index is -1.15. The summed E-state index contributed by atoms with van der Waals surface area (Å²) < 4.78 is 0. The first kappa shape index (κ1) is 16.4. The second kappa shape index (κ2) is 5.78. The van der Waals surface area contributed by atoms with Crippen LogP contribution in [0.1, 0.15) is 34.1 Å². The van der Waals surface area contributed by atoms with Crippen LogP contribution < -0.4 is 5.32 Å². The predicted octanol–water partition coefficient (Wildman–Crippen LogP) is -0.416. The Balaban J connectivity index is 2.74. The first-order valence-electron chi connectivity index (χ1n) is 6.56. The summed E-state index contributed by atoms with van der Waals surface area (Å²) in [4.78, 5) is 36.2. The van der Waals surface area contributed by atoms with E-state index in [1.54, 1.807) is 20.8 Å². The van der Waals surface area contributed by atoms with E-state index in [0.717, 1.165) is 4.90 Å². The summed E-state index contributed by atoms with van der Waals surface area (Å²) >= 11 is 0. The van der Waals surface area contributed by atoms with Gasteiger partial charge in [-0.15, -0.1) is 0 Å². The molecule has 0 spiro atoms. The minimum Gasteiger partial charge on any atom is -0.480 e. The van der Waals surface area contributed by atoms with Gasteiger partial charge in [-0.25, -0.2) is 4.79 Å². The van der Waals surface area contributed by atoms with E-state index in [1.807, 2.05) is 0 Å². The summed E-state index contributed by atoms with van der Waals surface area (Å²) in [5.74, 6) is -1.93. The maximum absolute atomic E-state index is 12.2. The number of carbonyl (C=O) groups excluding carboxylic acids is 2. The molecule has 7 nitrogen and oxygen atoms in total. The molecule has 1 unspecified atom stereocenters. The number of carboxylic acids is 1. The standard InChI is InChI=1S/C13H22N2O5/c1-7(14-12(20)13(2,3)4)10(17)15-6-8(16)5-9(15)11(18)19/h7-9,16H,5-6H2,1-4H3,(H,14,20)(H,18,19)/t7?,8-,9+/m1/s1. The van der Waals surface area contributed by atoms with Crippen molar-refractivity contribution in [2.75, 3.05) is 6.54 Å². The minimum absolute atomic E-state index is 0.0149. The largest absolute Gasteiger partial charge is 0.480 e. The van der Waals surface area contributed by atoms with Gasteiger partial charge in [0.05, 0.1) is 6.10 Å². The number of aliphatic carboxylic acids is 1. The van der Waals surface area contributed by atoms with Gasteiger partial charge in [0, 0.05) is 18.4 Å². The van der Waals surface area contributed by atoms with Crippen LogP contribution in [0.3, 0.4) is 0 Å². The number of carboxylic acid groups (broad SMARTS) is 1. The molecule has 1 heterocycles. The molecule has 3 N–H and O–H groups in total. The number of nitrogens with one attached hydrogen (secondary N) is 1. The van der Waals surface area contributed by atoms with Crippen LogP contribution in [0.15, 0.2) is 0 Å². The van der Waals surface area contributed by atoms with Crippen molar-refractivity contribution in [3.05, 3.63) is 0 Å². The lowest BCUT2D eigenvalue weighted by Crippen LogP contribution is -2.52. The molecule has 0 radical (unpaired) electrons. The fourth-order valence-electron chi connectivity index (χ4n) is 2.02. The van der Waals surface area contributed by atoms with Gasteiger partial charge >= 0.3 is 5.97 Å². The van der Waals surface area contributed by atoms with Crippen LogP contribution >= 0.6 is 0 Å². The van der Waals surface area contributed by atoms with Gasteiger partial charge in [0.2, 0.25) is 11.8 Å². The van der Waals surface area contributed by atoms with Crippen LogP contribution in [-0.4, -0.2) is 57.6 Å². The van der Waals surface area contributed by atoms with Crippen LogP contribution in [0.2, 0.25) is 0 Å². The highest BCUT2D eigenvalue weighted by molar-refractivity contribution is 5.91. The molecular weight excluding hydrogens is 264 g/mol. The molecule has 1 aliphatic rings. The molecule has 1 fully saturated rings. The van der Waals surface area contributed by atoms with Gasteiger partial charge in [-0.2, -0.15) is 0 Å². The topological polar surface area (TPSA) is 107 Å². The summed E-state index contributed by atoms with van der Waals surface area (Å²) in [6, 6.07) is -1.86. The number of nitrogens with zero attached hydrogens (tertiary/aromatic N) is 1. The number of aliphatic hydroxyl groups excluding tert-OH is 1.